The SMILES string of the molecule is CCNC(c1ccnc(C)n1)c1ccc(C)s1. The first-order chi connectivity index (χ1) is 8.20. The fourth-order valence-electron chi connectivity index (χ4n) is 1.80. The zero-order valence-electron chi connectivity index (χ0n) is 10.4. The summed E-state index contributed by atoms with van der Waals surface area (Å²) in [5.41, 5.74) is 1.04. The summed E-state index contributed by atoms with van der Waals surface area (Å²) in [4.78, 5) is 11.3. The second kappa shape index (κ2) is 5.38. The van der Waals surface area contributed by atoms with Gasteiger partial charge in [0.1, 0.15) is 5.82 Å². The normalized spacial score (nSPS) is 12.6. The average molecular weight is 247 g/mol. The number of nitrogens with one attached hydrogen (secondary N) is 1. The Labute approximate surface area is 106 Å². The van der Waals surface area contributed by atoms with Crippen LogP contribution in [0.15, 0.2) is 24.4 Å². The molecule has 0 fully saturated rings. The molecule has 2 aromatic rings. The van der Waals surface area contributed by atoms with E-state index in [4.69, 9.17) is 0 Å². The molecular weight excluding hydrogens is 230 g/mol. The Hall–Kier alpha value is -1.26. The predicted molar refractivity (Wildman–Crippen MR) is 71.3 cm³/mol. The molecule has 90 valence electrons. The molecule has 0 saturated carbocycles. The second-order valence-corrected chi connectivity index (χ2v) is 5.29. The molecule has 0 saturated heterocycles. The van der Waals surface area contributed by atoms with E-state index in [0.29, 0.717) is 0 Å². The molecule has 2 heterocycles. The van der Waals surface area contributed by atoms with E-state index < -0.39 is 0 Å². The van der Waals surface area contributed by atoms with Crippen LogP contribution >= 0.6 is 11.3 Å². The fourth-order valence-corrected chi connectivity index (χ4v) is 2.76. The fraction of sp³-hybridized carbons (Fsp3) is 0.385. The smallest absolute Gasteiger partial charge is 0.125 e. The maximum absolute atomic E-state index is 4.51. The van der Waals surface area contributed by atoms with Crippen LogP contribution in [0.25, 0.3) is 0 Å². The first-order valence-corrected chi connectivity index (χ1v) is 6.61. The number of aryl methyl sites for hydroxylation is 2. The third-order valence-electron chi connectivity index (χ3n) is 2.55. The van der Waals surface area contributed by atoms with Gasteiger partial charge in [-0.25, -0.2) is 9.97 Å². The van der Waals surface area contributed by atoms with Crippen LogP contribution in [0.1, 0.15) is 34.2 Å². The van der Waals surface area contributed by atoms with Gasteiger partial charge in [0.2, 0.25) is 0 Å². The van der Waals surface area contributed by atoms with E-state index in [1.165, 1.54) is 9.75 Å². The van der Waals surface area contributed by atoms with Crippen molar-refractivity contribution in [2.45, 2.75) is 26.8 Å². The highest BCUT2D eigenvalue weighted by Crippen LogP contribution is 2.27. The Kier molecular flexibility index (Phi) is 3.86. The van der Waals surface area contributed by atoms with E-state index in [0.717, 1.165) is 18.1 Å². The summed E-state index contributed by atoms with van der Waals surface area (Å²) in [6, 6.07) is 6.49. The summed E-state index contributed by atoms with van der Waals surface area (Å²) < 4.78 is 0. The molecule has 17 heavy (non-hydrogen) atoms. The lowest BCUT2D eigenvalue weighted by Gasteiger charge is -2.15. The van der Waals surface area contributed by atoms with Crippen LogP contribution in [0, 0.1) is 13.8 Å². The van der Waals surface area contributed by atoms with Gasteiger partial charge >= 0.3 is 0 Å². The summed E-state index contributed by atoms with van der Waals surface area (Å²) in [7, 11) is 0. The van der Waals surface area contributed by atoms with Gasteiger partial charge in [-0.1, -0.05) is 6.92 Å². The van der Waals surface area contributed by atoms with Gasteiger partial charge in [0.25, 0.3) is 0 Å². The Morgan fingerprint density at radius 2 is 2.12 bits per heavy atom. The number of hydrogen-bond acceptors (Lipinski definition) is 4. The lowest BCUT2D eigenvalue weighted by Crippen LogP contribution is -2.22. The van der Waals surface area contributed by atoms with Crippen molar-refractivity contribution in [3.8, 4) is 0 Å². The summed E-state index contributed by atoms with van der Waals surface area (Å²) >= 11 is 1.81. The predicted octanol–water partition coefficient (Wildman–Crippen LogP) is 2.85. The van der Waals surface area contributed by atoms with Crippen molar-refractivity contribution in [1.82, 2.24) is 15.3 Å². The van der Waals surface area contributed by atoms with E-state index >= 15 is 0 Å². The van der Waals surface area contributed by atoms with Gasteiger partial charge in [-0.05, 0) is 38.6 Å². The van der Waals surface area contributed by atoms with Crippen molar-refractivity contribution in [3.63, 3.8) is 0 Å². The van der Waals surface area contributed by atoms with Gasteiger partial charge < -0.3 is 5.32 Å². The van der Waals surface area contributed by atoms with Crippen molar-refractivity contribution in [3.05, 3.63) is 45.7 Å². The minimum absolute atomic E-state index is 0.181. The van der Waals surface area contributed by atoms with Crippen molar-refractivity contribution in [1.29, 1.82) is 0 Å². The first kappa shape index (κ1) is 12.2. The molecule has 1 atom stereocenters. The first-order valence-electron chi connectivity index (χ1n) is 5.80. The third kappa shape index (κ3) is 2.90. The van der Waals surface area contributed by atoms with Crippen LogP contribution in [-0.4, -0.2) is 16.5 Å². The van der Waals surface area contributed by atoms with Gasteiger partial charge in [0, 0.05) is 16.0 Å². The largest absolute Gasteiger partial charge is 0.305 e. The summed E-state index contributed by atoms with van der Waals surface area (Å²) in [5, 5.41) is 3.48. The zero-order chi connectivity index (χ0) is 12.3. The van der Waals surface area contributed by atoms with Gasteiger partial charge in [0.05, 0.1) is 11.7 Å². The van der Waals surface area contributed by atoms with Gasteiger partial charge in [-0.2, -0.15) is 0 Å². The molecule has 0 aliphatic rings. The van der Waals surface area contributed by atoms with E-state index in [9.17, 15) is 0 Å². The van der Waals surface area contributed by atoms with Gasteiger partial charge in [0.15, 0.2) is 0 Å². The number of nitrogens with zero attached hydrogens (tertiary/aromatic N) is 2. The Morgan fingerprint density at radius 3 is 2.71 bits per heavy atom. The van der Waals surface area contributed by atoms with Crippen molar-refractivity contribution in [2.24, 2.45) is 0 Å². The van der Waals surface area contributed by atoms with E-state index in [2.05, 4.69) is 41.3 Å². The lowest BCUT2D eigenvalue weighted by molar-refractivity contribution is 0.620. The highest BCUT2D eigenvalue weighted by atomic mass is 32.1. The Balaban J connectivity index is 2.35. The topological polar surface area (TPSA) is 37.8 Å². The molecule has 0 bridgehead atoms. The average Bonchev–Trinajstić information content (AvgIpc) is 2.72. The highest BCUT2D eigenvalue weighted by Gasteiger charge is 2.16. The minimum Gasteiger partial charge on any atom is -0.305 e. The quantitative estimate of drug-likeness (QED) is 0.902. The molecular formula is C13H17N3S. The van der Waals surface area contributed by atoms with Crippen LogP contribution in [0.3, 0.4) is 0 Å². The maximum atomic E-state index is 4.51. The highest BCUT2D eigenvalue weighted by molar-refractivity contribution is 7.12. The minimum atomic E-state index is 0.181. The van der Waals surface area contributed by atoms with Crippen molar-refractivity contribution < 1.29 is 0 Å². The van der Waals surface area contributed by atoms with Crippen LogP contribution < -0.4 is 5.32 Å². The Morgan fingerprint density at radius 1 is 1.29 bits per heavy atom. The molecule has 3 nitrogen and oxygen atoms in total. The molecule has 1 unspecified atom stereocenters. The monoisotopic (exact) mass is 247 g/mol. The van der Waals surface area contributed by atoms with E-state index in [1.807, 2.05) is 30.5 Å². The molecule has 0 aliphatic heterocycles. The molecule has 2 aromatic heterocycles. The third-order valence-corrected chi connectivity index (χ3v) is 3.61. The van der Waals surface area contributed by atoms with Crippen LogP contribution in [0.5, 0.6) is 0 Å². The van der Waals surface area contributed by atoms with E-state index in [-0.39, 0.29) is 6.04 Å². The summed E-state index contributed by atoms with van der Waals surface area (Å²) in [5.74, 6) is 0.818. The number of rotatable bonds is 4. The standard InChI is InChI=1S/C13H17N3S/c1-4-14-13(12-6-5-9(2)17-12)11-7-8-15-10(3)16-11/h5-8,13-14H,4H2,1-3H3. The van der Waals surface area contributed by atoms with Crippen molar-refractivity contribution >= 4 is 11.3 Å². The molecule has 0 radical (unpaired) electrons. The van der Waals surface area contributed by atoms with Crippen LogP contribution in [0.2, 0.25) is 0 Å². The molecule has 4 heteroatoms. The summed E-state index contributed by atoms with van der Waals surface area (Å²) in [6.07, 6.45) is 1.82. The molecule has 0 aliphatic carbocycles. The maximum Gasteiger partial charge on any atom is 0.125 e. The summed E-state index contributed by atoms with van der Waals surface area (Å²) in [6.45, 7) is 7.08. The number of hydrogen-bond donors (Lipinski definition) is 1. The lowest BCUT2D eigenvalue weighted by atomic mass is 10.1. The molecule has 0 spiro atoms. The molecule has 0 aromatic carbocycles. The van der Waals surface area contributed by atoms with Gasteiger partial charge in [-0.3, -0.25) is 0 Å². The number of aromatic nitrogens is 2. The van der Waals surface area contributed by atoms with Crippen molar-refractivity contribution in [2.75, 3.05) is 6.54 Å². The molecule has 1 N–H and O–H groups in total. The second-order valence-electron chi connectivity index (χ2n) is 3.97. The van der Waals surface area contributed by atoms with Crippen LogP contribution in [-0.2, 0) is 0 Å². The Bertz CT molecular complexity index is 493. The van der Waals surface area contributed by atoms with E-state index in [1.54, 1.807) is 0 Å². The molecule has 2 rings (SSSR count). The van der Waals surface area contributed by atoms with Gasteiger partial charge in [-0.15, -0.1) is 11.3 Å². The van der Waals surface area contributed by atoms with Crippen LogP contribution in [0.4, 0.5) is 0 Å². The molecule has 0 amide bonds. The zero-order valence-corrected chi connectivity index (χ0v) is 11.2. The number of thiophene rings is 1.